The van der Waals surface area contributed by atoms with Crippen LogP contribution in [-0.2, 0) is 9.84 Å². The summed E-state index contributed by atoms with van der Waals surface area (Å²) < 4.78 is 22.3. The molecular weight excluding hydrogens is 248 g/mol. The van der Waals surface area contributed by atoms with Gasteiger partial charge in [0.2, 0.25) is 0 Å². The molecule has 1 rings (SSSR count). The second kappa shape index (κ2) is 6.35. The van der Waals surface area contributed by atoms with Gasteiger partial charge in [-0.1, -0.05) is 19.8 Å². The maximum atomic E-state index is 11.1. The van der Waals surface area contributed by atoms with Gasteiger partial charge in [-0.15, -0.1) is 0 Å². The topological polar surface area (TPSA) is 63.4 Å². The molecule has 1 fully saturated rings. The zero-order valence-corrected chi connectivity index (χ0v) is 12.8. The Morgan fingerprint density at radius 3 is 2.61 bits per heavy atom. The van der Waals surface area contributed by atoms with E-state index in [0.717, 1.165) is 25.3 Å². The van der Waals surface area contributed by atoms with Gasteiger partial charge >= 0.3 is 0 Å². The van der Waals surface area contributed by atoms with Gasteiger partial charge in [-0.25, -0.2) is 8.42 Å². The van der Waals surface area contributed by atoms with Crippen molar-refractivity contribution in [3.8, 4) is 0 Å². The molecule has 0 aliphatic heterocycles. The molecular formula is C13H28N2O2S. The normalized spacial score (nSPS) is 29.7. The highest BCUT2D eigenvalue weighted by Gasteiger charge is 2.36. The summed E-state index contributed by atoms with van der Waals surface area (Å²) in [5.41, 5.74) is 6.09. The molecule has 0 aromatic heterocycles. The molecule has 108 valence electrons. The van der Waals surface area contributed by atoms with Crippen LogP contribution >= 0.6 is 0 Å². The molecule has 0 bridgehead atoms. The monoisotopic (exact) mass is 276 g/mol. The van der Waals surface area contributed by atoms with E-state index >= 15 is 0 Å². The summed E-state index contributed by atoms with van der Waals surface area (Å²) in [6, 6.07) is 0. The van der Waals surface area contributed by atoms with E-state index in [4.69, 9.17) is 5.73 Å². The van der Waals surface area contributed by atoms with Crippen LogP contribution in [0.4, 0.5) is 0 Å². The lowest BCUT2D eigenvalue weighted by atomic mass is 9.75. The summed E-state index contributed by atoms with van der Waals surface area (Å²) >= 11 is 0. The quantitative estimate of drug-likeness (QED) is 0.793. The van der Waals surface area contributed by atoms with Crippen molar-refractivity contribution in [2.45, 2.75) is 44.6 Å². The largest absolute Gasteiger partial charge is 0.329 e. The minimum Gasteiger partial charge on any atom is -0.329 e. The molecule has 5 heteroatoms. The van der Waals surface area contributed by atoms with E-state index in [1.807, 2.05) is 0 Å². The maximum Gasteiger partial charge on any atom is 0.147 e. The average molecular weight is 276 g/mol. The standard InChI is InChI=1S/C13H28N2O2S/c1-12-6-4-7-13(10-12,11-14)15(2)8-5-9-18(3,16)17/h12H,4-11,14H2,1-3H3. The molecule has 2 atom stereocenters. The van der Waals surface area contributed by atoms with Crippen LogP contribution in [0.15, 0.2) is 0 Å². The third-order valence-electron chi connectivity index (χ3n) is 4.27. The van der Waals surface area contributed by atoms with Crippen molar-refractivity contribution in [2.24, 2.45) is 11.7 Å². The summed E-state index contributed by atoms with van der Waals surface area (Å²) in [6.45, 7) is 3.78. The van der Waals surface area contributed by atoms with Crippen molar-refractivity contribution in [1.29, 1.82) is 0 Å². The fourth-order valence-electron chi connectivity index (χ4n) is 3.12. The number of likely N-dealkylation sites (N-methyl/N-ethyl adjacent to an activating group) is 1. The Kier molecular flexibility index (Phi) is 5.62. The zero-order valence-electron chi connectivity index (χ0n) is 12.0. The molecule has 2 N–H and O–H groups in total. The van der Waals surface area contributed by atoms with E-state index < -0.39 is 9.84 Å². The van der Waals surface area contributed by atoms with Crippen LogP contribution in [0.3, 0.4) is 0 Å². The number of nitrogens with zero attached hydrogens (tertiary/aromatic N) is 1. The summed E-state index contributed by atoms with van der Waals surface area (Å²) in [5, 5.41) is 0. The molecule has 0 aromatic rings. The highest BCUT2D eigenvalue weighted by Crippen LogP contribution is 2.35. The van der Waals surface area contributed by atoms with E-state index in [1.54, 1.807) is 0 Å². The number of hydrogen-bond acceptors (Lipinski definition) is 4. The van der Waals surface area contributed by atoms with Gasteiger partial charge < -0.3 is 5.73 Å². The summed E-state index contributed by atoms with van der Waals surface area (Å²) in [5.74, 6) is 0.993. The second-order valence-electron chi connectivity index (χ2n) is 6.03. The Labute approximate surface area is 112 Å². The molecule has 0 radical (unpaired) electrons. The van der Waals surface area contributed by atoms with Crippen LogP contribution in [0.1, 0.15) is 39.0 Å². The molecule has 4 nitrogen and oxygen atoms in total. The zero-order chi connectivity index (χ0) is 13.8. The fraction of sp³-hybridized carbons (Fsp3) is 1.00. The van der Waals surface area contributed by atoms with Crippen molar-refractivity contribution in [3.63, 3.8) is 0 Å². The van der Waals surface area contributed by atoms with Crippen molar-refractivity contribution < 1.29 is 8.42 Å². The van der Waals surface area contributed by atoms with E-state index in [1.165, 1.54) is 19.1 Å². The Morgan fingerprint density at radius 1 is 1.44 bits per heavy atom. The first-order valence-corrected chi connectivity index (χ1v) is 8.94. The molecule has 0 spiro atoms. The number of sulfone groups is 1. The summed E-state index contributed by atoms with van der Waals surface area (Å²) in [4.78, 5) is 2.30. The number of rotatable bonds is 6. The van der Waals surface area contributed by atoms with Crippen LogP contribution in [0, 0.1) is 5.92 Å². The molecule has 0 saturated heterocycles. The minimum absolute atomic E-state index is 0.0924. The molecule has 1 aliphatic carbocycles. The van der Waals surface area contributed by atoms with E-state index in [2.05, 4.69) is 18.9 Å². The minimum atomic E-state index is -2.85. The van der Waals surface area contributed by atoms with Crippen LogP contribution in [-0.4, -0.2) is 51.0 Å². The van der Waals surface area contributed by atoms with E-state index in [0.29, 0.717) is 13.0 Å². The third-order valence-corrected chi connectivity index (χ3v) is 5.30. The summed E-state index contributed by atoms with van der Waals surface area (Å²) in [6.07, 6.45) is 6.80. The Morgan fingerprint density at radius 2 is 2.11 bits per heavy atom. The predicted octanol–water partition coefficient (Wildman–Crippen LogP) is 1.26. The van der Waals surface area contributed by atoms with Gasteiger partial charge in [-0.05, 0) is 38.8 Å². The smallest absolute Gasteiger partial charge is 0.147 e. The molecule has 0 amide bonds. The van der Waals surface area contributed by atoms with Gasteiger partial charge in [0, 0.05) is 18.3 Å². The molecule has 0 heterocycles. The molecule has 0 aromatic carbocycles. The van der Waals surface area contributed by atoms with Crippen molar-refractivity contribution in [1.82, 2.24) is 4.90 Å². The first kappa shape index (κ1) is 15.9. The fourth-order valence-corrected chi connectivity index (χ4v) is 3.77. The first-order chi connectivity index (χ1) is 8.29. The van der Waals surface area contributed by atoms with Gasteiger partial charge in [0.1, 0.15) is 9.84 Å². The molecule has 1 saturated carbocycles. The highest BCUT2D eigenvalue weighted by atomic mass is 32.2. The second-order valence-corrected chi connectivity index (χ2v) is 8.29. The lowest BCUT2D eigenvalue weighted by molar-refractivity contribution is 0.0619. The highest BCUT2D eigenvalue weighted by molar-refractivity contribution is 7.90. The Bertz CT molecular complexity index is 356. The van der Waals surface area contributed by atoms with Crippen LogP contribution in [0.25, 0.3) is 0 Å². The van der Waals surface area contributed by atoms with E-state index in [-0.39, 0.29) is 11.3 Å². The molecule has 1 aliphatic rings. The maximum absolute atomic E-state index is 11.1. The van der Waals surface area contributed by atoms with Crippen LogP contribution in [0.2, 0.25) is 0 Å². The molecule has 18 heavy (non-hydrogen) atoms. The van der Waals surface area contributed by atoms with Crippen molar-refractivity contribution in [3.05, 3.63) is 0 Å². The van der Waals surface area contributed by atoms with Gasteiger partial charge in [-0.2, -0.15) is 0 Å². The average Bonchev–Trinajstić information content (AvgIpc) is 2.27. The lowest BCUT2D eigenvalue weighted by Gasteiger charge is -2.46. The first-order valence-electron chi connectivity index (χ1n) is 6.88. The SMILES string of the molecule is CC1CCCC(CN)(N(C)CCCS(C)(=O)=O)C1. The Hall–Kier alpha value is -0.130. The van der Waals surface area contributed by atoms with Gasteiger partial charge in [0.05, 0.1) is 5.75 Å². The number of hydrogen-bond donors (Lipinski definition) is 1. The lowest BCUT2D eigenvalue weighted by Crippen LogP contribution is -2.54. The van der Waals surface area contributed by atoms with Crippen LogP contribution < -0.4 is 5.73 Å². The summed E-state index contributed by atoms with van der Waals surface area (Å²) in [7, 11) is -0.755. The number of nitrogens with two attached hydrogens (primary N) is 1. The van der Waals surface area contributed by atoms with Gasteiger partial charge in [-0.3, -0.25) is 4.90 Å². The predicted molar refractivity (Wildman–Crippen MR) is 76.4 cm³/mol. The van der Waals surface area contributed by atoms with Gasteiger partial charge in [0.25, 0.3) is 0 Å². The van der Waals surface area contributed by atoms with E-state index in [9.17, 15) is 8.42 Å². The van der Waals surface area contributed by atoms with Crippen LogP contribution in [0.5, 0.6) is 0 Å². The Balaban J connectivity index is 2.53. The van der Waals surface area contributed by atoms with Crippen molar-refractivity contribution >= 4 is 9.84 Å². The van der Waals surface area contributed by atoms with Crippen molar-refractivity contribution in [2.75, 3.05) is 32.1 Å². The molecule has 2 unspecified atom stereocenters. The van der Waals surface area contributed by atoms with Gasteiger partial charge in [0.15, 0.2) is 0 Å². The third kappa shape index (κ3) is 4.52.